The molecule has 1 N–H and O–H groups in total. The van der Waals surface area contributed by atoms with Gasteiger partial charge < -0.3 is 14.6 Å². The number of hydrogen-bond donors (Lipinski definition) is 1. The maximum Gasteiger partial charge on any atom is 0.122 e. The molecule has 1 atom stereocenters. The van der Waals surface area contributed by atoms with E-state index in [4.69, 9.17) is 16.3 Å². The van der Waals surface area contributed by atoms with Crippen LogP contribution in [0.3, 0.4) is 0 Å². The standard InChI is InChI=1S/C21H29ClN4O.ClH/c1-3-25-11-10-24-20(25)15-26(19-13-21(19)6-8-23-9-7-21)14-16-12-17(27-2)4-5-18(16)22;/h4-5,10-12,19,23H,3,6-9,13-15H2,1-2H3;1H. The minimum atomic E-state index is 0. The SMILES string of the molecule is CCn1ccnc1CN(Cc1cc(OC)ccc1Cl)C1CC12CCNCC2.Cl. The Kier molecular flexibility index (Phi) is 6.92. The number of nitrogens with zero attached hydrogens (tertiary/aromatic N) is 3. The third-order valence-corrected chi connectivity index (χ3v) is 6.67. The molecule has 1 unspecified atom stereocenters. The highest BCUT2D eigenvalue weighted by atomic mass is 35.5. The molecule has 1 saturated heterocycles. The van der Waals surface area contributed by atoms with Crippen molar-refractivity contribution in [1.29, 1.82) is 0 Å². The van der Waals surface area contributed by atoms with Gasteiger partial charge >= 0.3 is 0 Å². The van der Waals surface area contributed by atoms with Gasteiger partial charge in [-0.05, 0) is 68.5 Å². The molecule has 154 valence electrons. The first-order chi connectivity index (χ1) is 13.1. The molecule has 7 heteroatoms. The molecule has 2 aliphatic rings. The molecule has 0 radical (unpaired) electrons. The maximum atomic E-state index is 6.53. The molecular formula is C21H30Cl2N4O. The van der Waals surface area contributed by atoms with E-state index in [2.05, 4.69) is 39.0 Å². The van der Waals surface area contributed by atoms with Crippen molar-refractivity contribution in [3.8, 4) is 5.75 Å². The lowest BCUT2D eigenvalue weighted by atomic mass is 9.93. The summed E-state index contributed by atoms with van der Waals surface area (Å²) in [5.41, 5.74) is 1.60. The zero-order chi connectivity index (χ0) is 18.9. The van der Waals surface area contributed by atoms with Gasteiger partial charge in [0, 0.05) is 36.5 Å². The largest absolute Gasteiger partial charge is 0.497 e. The normalized spacial score (nSPS) is 20.2. The number of aromatic nitrogens is 2. The summed E-state index contributed by atoms with van der Waals surface area (Å²) in [7, 11) is 1.70. The highest BCUT2D eigenvalue weighted by Crippen LogP contribution is 2.56. The van der Waals surface area contributed by atoms with Crippen molar-refractivity contribution in [3.05, 3.63) is 47.0 Å². The van der Waals surface area contributed by atoms with Gasteiger partial charge in [0.05, 0.1) is 13.7 Å². The number of aryl methyl sites for hydroxylation is 1. The van der Waals surface area contributed by atoms with Gasteiger partial charge in [-0.3, -0.25) is 4.90 Å². The first-order valence-electron chi connectivity index (χ1n) is 9.92. The van der Waals surface area contributed by atoms with Crippen LogP contribution in [0.5, 0.6) is 5.75 Å². The van der Waals surface area contributed by atoms with Gasteiger partial charge in [0.1, 0.15) is 11.6 Å². The van der Waals surface area contributed by atoms with Crippen LogP contribution in [-0.2, 0) is 19.6 Å². The van der Waals surface area contributed by atoms with Crippen molar-refractivity contribution in [2.24, 2.45) is 5.41 Å². The minimum absolute atomic E-state index is 0. The molecule has 1 aliphatic carbocycles. The Morgan fingerprint density at radius 3 is 2.82 bits per heavy atom. The number of halogens is 2. The van der Waals surface area contributed by atoms with Crippen molar-refractivity contribution in [1.82, 2.24) is 19.8 Å². The van der Waals surface area contributed by atoms with Crippen LogP contribution in [0.1, 0.15) is 37.6 Å². The van der Waals surface area contributed by atoms with Crippen molar-refractivity contribution in [3.63, 3.8) is 0 Å². The number of piperidine rings is 1. The van der Waals surface area contributed by atoms with Crippen LogP contribution >= 0.6 is 24.0 Å². The van der Waals surface area contributed by atoms with Crippen LogP contribution in [0.15, 0.2) is 30.6 Å². The molecule has 1 spiro atoms. The number of benzene rings is 1. The number of ether oxygens (including phenoxy) is 1. The van der Waals surface area contributed by atoms with Gasteiger partial charge in [-0.2, -0.15) is 0 Å². The monoisotopic (exact) mass is 424 g/mol. The summed E-state index contributed by atoms with van der Waals surface area (Å²) in [5.74, 6) is 1.99. The molecule has 1 aromatic carbocycles. The minimum Gasteiger partial charge on any atom is -0.497 e. The van der Waals surface area contributed by atoms with Gasteiger partial charge in [0.25, 0.3) is 0 Å². The second kappa shape index (κ2) is 9.04. The smallest absolute Gasteiger partial charge is 0.122 e. The number of rotatable bonds is 7. The van der Waals surface area contributed by atoms with Gasteiger partial charge in [-0.25, -0.2) is 4.98 Å². The fourth-order valence-electron chi connectivity index (χ4n) is 4.56. The Hall–Kier alpha value is -1.27. The predicted octanol–water partition coefficient (Wildman–Crippen LogP) is 4.13. The molecular weight excluding hydrogens is 395 g/mol. The second-order valence-electron chi connectivity index (χ2n) is 7.82. The summed E-state index contributed by atoms with van der Waals surface area (Å²) < 4.78 is 7.65. The first kappa shape index (κ1) is 21.4. The summed E-state index contributed by atoms with van der Waals surface area (Å²) in [6, 6.07) is 6.53. The lowest BCUT2D eigenvalue weighted by Gasteiger charge is -2.30. The molecule has 1 saturated carbocycles. The van der Waals surface area contributed by atoms with E-state index in [9.17, 15) is 0 Å². The lowest BCUT2D eigenvalue weighted by molar-refractivity contribution is 0.182. The molecule has 5 nitrogen and oxygen atoms in total. The van der Waals surface area contributed by atoms with Crippen molar-refractivity contribution < 1.29 is 4.74 Å². The van der Waals surface area contributed by atoms with Crippen LogP contribution in [0.2, 0.25) is 5.02 Å². The highest BCUT2D eigenvalue weighted by Gasteiger charge is 2.56. The Labute approximate surface area is 178 Å². The number of nitrogens with one attached hydrogen (secondary N) is 1. The van der Waals surface area contributed by atoms with Gasteiger partial charge in [-0.15, -0.1) is 12.4 Å². The van der Waals surface area contributed by atoms with Crippen LogP contribution in [0, 0.1) is 5.41 Å². The van der Waals surface area contributed by atoms with E-state index in [1.807, 2.05) is 18.3 Å². The van der Waals surface area contributed by atoms with Crippen LogP contribution in [-0.4, -0.2) is 40.7 Å². The van der Waals surface area contributed by atoms with E-state index in [0.717, 1.165) is 54.9 Å². The summed E-state index contributed by atoms with van der Waals surface area (Å²) >= 11 is 6.53. The molecule has 0 bridgehead atoms. The van der Waals surface area contributed by atoms with E-state index in [0.29, 0.717) is 11.5 Å². The molecule has 4 rings (SSSR count). The average molecular weight is 425 g/mol. The lowest BCUT2D eigenvalue weighted by Crippen LogP contribution is -2.36. The Bertz CT molecular complexity index is 788. The molecule has 2 heterocycles. The third kappa shape index (κ3) is 4.33. The third-order valence-electron chi connectivity index (χ3n) is 6.30. The molecule has 2 fully saturated rings. The topological polar surface area (TPSA) is 42.3 Å². The van der Waals surface area contributed by atoms with E-state index in [1.54, 1.807) is 7.11 Å². The molecule has 1 aromatic heterocycles. The van der Waals surface area contributed by atoms with E-state index < -0.39 is 0 Å². The van der Waals surface area contributed by atoms with Crippen LogP contribution in [0.4, 0.5) is 0 Å². The first-order valence-corrected chi connectivity index (χ1v) is 10.3. The van der Waals surface area contributed by atoms with Gasteiger partial charge in [-0.1, -0.05) is 11.6 Å². The summed E-state index contributed by atoms with van der Waals surface area (Å²) in [6.07, 6.45) is 7.79. The van der Waals surface area contributed by atoms with Crippen LogP contribution < -0.4 is 10.1 Å². The predicted molar refractivity (Wildman–Crippen MR) is 115 cm³/mol. The fourth-order valence-corrected chi connectivity index (χ4v) is 4.74. The number of hydrogen-bond acceptors (Lipinski definition) is 4. The van der Waals surface area contributed by atoms with Gasteiger partial charge in [0.15, 0.2) is 0 Å². The Balaban J connectivity index is 0.00000225. The summed E-state index contributed by atoms with van der Waals surface area (Å²) in [5, 5.41) is 4.31. The zero-order valence-corrected chi connectivity index (χ0v) is 18.2. The quantitative estimate of drug-likeness (QED) is 0.725. The molecule has 2 aromatic rings. The highest BCUT2D eigenvalue weighted by molar-refractivity contribution is 6.31. The summed E-state index contributed by atoms with van der Waals surface area (Å²) in [6.45, 7) is 7.06. The van der Waals surface area contributed by atoms with Crippen LogP contribution in [0.25, 0.3) is 0 Å². The van der Waals surface area contributed by atoms with E-state index in [1.165, 1.54) is 19.3 Å². The van der Waals surface area contributed by atoms with Crippen molar-refractivity contribution in [2.45, 2.75) is 51.9 Å². The second-order valence-corrected chi connectivity index (χ2v) is 8.23. The Morgan fingerprint density at radius 1 is 1.32 bits per heavy atom. The molecule has 28 heavy (non-hydrogen) atoms. The van der Waals surface area contributed by atoms with E-state index >= 15 is 0 Å². The zero-order valence-electron chi connectivity index (χ0n) is 16.7. The van der Waals surface area contributed by atoms with Crippen molar-refractivity contribution in [2.75, 3.05) is 20.2 Å². The molecule has 1 aliphatic heterocycles. The Morgan fingerprint density at radius 2 is 2.11 bits per heavy atom. The summed E-state index contributed by atoms with van der Waals surface area (Å²) in [4.78, 5) is 7.20. The number of imidazole rings is 1. The maximum absolute atomic E-state index is 6.53. The van der Waals surface area contributed by atoms with Crippen molar-refractivity contribution >= 4 is 24.0 Å². The van der Waals surface area contributed by atoms with E-state index in [-0.39, 0.29) is 12.4 Å². The molecule has 0 amide bonds. The number of methoxy groups -OCH3 is 1. The fraction of sp³-hybridized carbons (Fsp3) is 0.571. The average Bonchev–Trinajstić information content (AvgIpc) is 3.18. The van der Waals surface area contributed by atoms with Gasteiger partial charge in [0.2, 0.25) is 0 Å².